The molecule has 118 valence electrons. The summed E-state index contributed by atoms with van der Waals surface area (Å²) in [7, 11) is 0. The van der Waals surface area contributed by atoms with Gasteiger partial charge in [0.15, 0.2) is 0 Å². The van der Waals surface area contributed by atoms with E-state index < -0.39 is 0 Å². The third-order valence-corrected chi connectivity index (χ3v) is 4.45. The van der Waals surface area contributed by atoms with Crippen LogP contribution in [-0.4, -0.2) is 29.6 Å². The van der Waals surface area contributed by atoms with E-state index in [1.54, 1.807) is 12.1 Å². The van der Waals surface area contributed by atoms with Gasteiger partial charge in [-0.25, -0.2) is 4.39 Å². The Morgan fingerprint density at radius 3 is 2.76 bits per heavy atom. The summed E-state index contributed by atoms with van der Waals surface area (Å²) >= 11 is 6.19. The molecule has 0 saturated carbocycles. The molecular weight excluding hydrogens is 287 g/mol. The molecule has 1 fully saturated rings. The van der Waals surface area contributed by atoms with E-state index in [9.17, 15) is 4.39 Å². The van der Waals surface area contributed by atoms with Crippen LogP contribution in [0.25, 0.3) is 0 Å². The van der Waals surface area contributed by atoms with Crippen molar-refractivity contribution in [2.45, 2.75) is 52.2 Å². The highest BCUT2D eigenvalue weighted by Gasteiger charge is 2.33. The van der Waals surface area contributed by atoms with E-state index in [0.29, 0.717) is 29.1 Å². The van der Waals surface area contributed by atoms with Crippen LogP contribution < -0.4 is 5.32 Å². The second-order valence-corrected chi connectivity index (χ2v) is 7.56. The molecule has 1 atom stereocenters. The van der Waals surface area contributed by atoms with Crippen molar-refractivity contribution in [3.8, 4) is 0 Å². The van der Waals surface area contributed by atoms with Gasteiger partial charge in [-0.15, -0.1) is 0 Å². The number of rotatable bonds is 4. The molecule has 2 nitrogen and oxygen atoms in total. The second kappa shape index (κ2) is 6.64. The Morgan fingerprint density at radius 1 is 1.43 bits per heavy atom. The van der Waals surface area contributed by atoms with Gasteiger partial charge in [-0.1, -0.05) is 31.5 Å². The molecule has 1 aliphatic heterocycles. The first-order chi connectivity index (χ1) is 9.78. The lowest BCUT2D eigenvalue weighted by Crippen LogP contribution is -2.61. The SMILES string of the molecule is CC(C)CC1CNC(C)(C)CN1Cc1c(F)cccc1Cl. The zero-order valence-electron chi connectivity index (χ0n) is 13.4. The average Bonchev–Trinajstić information content (AvgIpc) is 2.36. The van der Waals surface area contributed by atoms with Gasteiger partial charge >= 0.3 is 0 Å². The van der Waals surface area contributed by atoms with Crippen LogP contribution in [0, 0.1) is 11.7 Å². The lowest BCUT2D eigenvalue weighted by atomic mass is 9.93. The van der Waals surface area contributed by atoms with Gasteiger partial charge in [-0.3, -0.25) is 4.90 Å². The predicted octanol–water partition coefficient (Wildman–Crippen LogP) is 4.08. The normalized spacial score (nSPS) is 22.7. The summed E-state index contributed by atoms with van der Waals surface area (Å²) in [6, 6.07) is 5.35. The Labute approximate surface area is 132 Å². The zero-order valence-corrected chi connectivity index (χ0v) is 14.2. The summed E-state index contributed by atoms with van der Waals surface area (Å²) in [5, 5.41) is 4.11. The van der Waals surface area contributed by atoms with E-state index in [-0.39, 0.29) is 11.4 Å². The summed E-state index contributed by atoms with van der Waals surface area (Å²) in [5.74, 6) is 0.416. The molecule has 1 aliphatic rings. The van der Waals surface area contributed by atoms with Crippen LogP contribution in [0.4, 0.5) is 4.39 Å². The van der Waals surface area contributed by atoms with Gasteiger partial charge in [0.25, 0.3) is 0 Å². The maximum Gasteiger partial charge on any atom is 0.129 e. The van der Waals surface area contributed by atoms with E-state index in [0.717, 1.165) is 19.5 Å². The molecule has 0 radical (unpaired) electrons. The summed E-state index contributed by atoms with van der Waals surface area (Å²) in [5.41, 5.74) is 0.663. The minimum absolute atomic E-state index is 0.0468. The lowest BCUT2D eigenvalue weighted by Gasteiger charge is -2.45. The average molecular weight is 313 g/mol. The standard InChI is InChI=1S/C17H26ClFN2/c1-12(2)8-13-9-20-17(3,4)11-21(13)10-14-15(18)6-5-7-16(14)19/h5-7,12-13,20H,8-11H2,1-4H3. The highest BCUT2D eigenvalue weighted by atomic mass is 35.5. The van der Waals surface area contributed by atoms with Crippen LogP contribution >= 0.6 is 11.6 Å². The molecule has 1 heterocycles. The van der Waals surface area contributed by atoms with Crippen LogP contribution in [-0.2, 0) is 6.54 Å². The van der Waals surface area contributed by atoms with Crippen molar-refractivity contribution in [1.29, 1.82) is 0 Å². The molecule has 1 saturated heterocycles. The van der Waals surface area contributed by atoms with Gasteiger partial charge in [0.2, 0.25) is 0 Å². The van der Waals surface area contributed by atoms with Gasteiger partial charge in [-0.2, -0.15) is 0 Å². The van der Waals surface area contributed by atoms with Crippen molar-refractivity contribution >= 4 is 11.6 Å². The van der Waals surface area contributed by atoms with Gasteiger partial charge in [0, 0.05) is 41.8 Å². The molecule has 1 aromatic rings. The number of hydrogen-bond donors (Lipinski definition) is 1. The minimum atomic E-state index is -0.206. The topological polar surface area (TPSA) is 15.3 Å². The fourth-order valence-corrected chi connectivity index (χ4v) is 3.29. The molecular formula is C17H26ClFN2. The van der Waals surface area contributed by atoms with E-state index >= 15 is 0 Å². The highest BCUT2D eigenvalue weighted by Crippen LogP contribution is 2.26. The monoisotopic (exact) mass is 312 g/mol. The molecule has 1 aromatic carbocycles. The first-order valence-electron chi connectivity index (χ1n) is 7.70. The van der Waals surface area contributed by atoms with Crippen LogP contribution in [0.1, 0.15) is 39.7 Å². The van der Waals surface area contributed by atoms with Gasteiger partial charge in [-0.05, 0) is 38.3 Å². The number of nitrogens with zero attached hydrogens (tertiary/aromatic N) is 1. The third-order valence-electron chi connectivity index (χ3n) is 4.10. The molecule has 21 heavy (non-hydrogen) atoms. The maximum atomic E-state index is 14.1. The number of nitrogens with one attached hydrogen (secondary N) is 1. The quantitative estimate of drug-likeness (QED) is 0.901. The summed E-state index contributed by atoms with van der Waals surface area (Å²) in [6.07, 6.45) is 1.11. The van der Waals surface area contributed by atoms with Crippen molar-refractivity contribution in [2.75, 3.05) is 13.1 Å². The van der Waals surface area contributed by atoms with Crippen molar-refractivity contribution in [1.82, 2.24) is 10.2 Å². The molecule has 1 N–H and O–H groups in total. The van der Waals surface area contributed by atoms with Crippen LogP contribution in [0.15, 0.2) is 18.2 Å². The second-order valence-electron chi connectivity index (χ2n) is 7.15. The van der Waals surface area contributed by atoms with Gasteiger partial charge < -0.3 is 5.32 Å². The Kier molecular flexibility index (Phi) is 5.29. The fourth-order valence-electron chi connectivity index (χ4n) is 3.06. The fraction of sp³-hybridized carbons (Fsp3) is 0.647. The van der Waals surface area contributed by atoms with Gasteiger partial charge in [0.05, 0.1) is 0 Å². The molecule has 0 aromatic heterocycles. The molecule has 2 rings (SSSR count). The Balaban J connectivity index is 2.19. The van der Waals surface area contributed by atoms with Crippen molar-refractivity contribution in [3.63, 3.8) is 0 Å². The molecule has 0 amide bonds. The molecule has 4 heteroatoms. The highest BCUT2D eigenvalue weighted by molar-refractivity contribution is 6.31. The molecule has 0 spiro atoms. The van der Waals surface area contributed by atoms with Crippen molar-refractivity contribution in [3.05, 3.63) is 34.6 Å². The zero-order chi connectivity index (χ0) is 15.6. The largest absolute Gasteiger partial charge is 0.309 e. The van der Waals surface area contributed by atoms with E-state index in [1.165, 1.54) is 6.07 Å². The Hall–Kier alpha value is -0.640. The third kappa shape index (κ3) is 4.41. The summed E-state index contributed by atoms with van der Waals surface area (Å²) in [4.78, 5) is 2.38. The molecule has 0 bridgehead atoms. The molecule has 1 unspecified atom stereocenters. The van der Waals surface area contributed by atoms with E-state index in [4.69, 9.17) is 11.6 Å². The predicted molar refractivity (Wildman–Crippen MR) is 87.1 cm³/mol. The van der Waals surface area contributed by atoms with E-state index in [1.807, 2.05) is 0 Å². The number of halogens is 2. The Bertz CT molecular complexity index is 467. The first kappa shape index (κ1) is 16.7. The smallest absolute Gasteiger partial charge is 0.129 e. The number of benzene rings is 1. The summed E-state index contributed by atoms with van der Waals surface area (Å²) in [6.45, 7) is 11.3. The Morgan fingerprint density at radius 2 is 2.14 bits per heavy atom. The minimum Gasteiger partial charge on any atom is -0.309 e. The maximum absolute atomic E-state index is 14.1. The van der Waals surface area contributed by atoms with Crippen molar-refractivity contribution in [2.24, 2.45) is 5.92 Å². The van der Waals surface area contributed by atoms with Crippen LogP contribution in [0.2, 0.25) is 5.02 Å². The number of piperazine rings is 1. The summed E-state index contributed by atoms with van der Waals surface area (Å²) < 4.78 is 14.1. The lowest BCUT2D eigenvalue weighted by molar-refractivity contribution is 0.0750. The van der Waals surface area contributed by atoms with Crippen LogP contribution in [0.5, 0.6) is 0 Å². The number of hydrogen-bond acceptors (Lipinski definition) is 2. The van der Waals surface area contributed by atoms with Crippen LogP contribution in [0.3, 0.4) is 0 Å². The first-order valence-corrected chi connectivity index (χ1v) is 8.08. The molecule has 0 aliphatic carbocycles. The van der Waals surface area contributed by atoms with E-state index in [2.05, 4.69) is 37.9 Å². The van der Waals surface area contributed by atoms with Gasteiger partial charge in [0.1, 0.15) is 5.82 Å². The van der Waals surface area contributed by atoms with Crippen molar-refractivity contribution < 1.29 is 4.39 Å².